The molecule has 8 heteroatoms. The van der Waals surface area contributed by atoms with Crippen LogP contribution >= 0.6 is 0 Å². The Kier molecular flexibility index (Phi) is 7.87. The minimum Gasteiger partial charge on any atom is -0.390 e. The van der Waals surface area contributed by atoms with Crippen molar-refractivity contribution >= 4 is 17.7 Å². The van der Waals surface area contributed by atoms with Crippen LogP contribution in [0.3, 0.4) is 0 Å². The highest BCUT2D eigenvalue weighted by molar-refractivity contribution is 6.35. The molecule has 1 rings (SSSR count). The Hall–Kier alpha value is -1.93. The molecule has 24 heavy (non-hydrogen) atoms. The summed E-state index contributed by atoms with van der Waals surface area (Å²) in [4.78, 5) is 39.9. The van der Waals surface area contributed by atoms with Crippen LogP contribution in [0.2, 0.25) is 0 Å². The van der Waals surface area contributed by atoms with Crippen molar-refractivity contribution in [3.05, 3.63) is 12.2 Å². The summed E-state index contributed by atoms with van der Waals surface area (Å²) < 4.78 is 0. The van der Waals surface area contributed by atoms with Crippen molar-refractivity contribution in [1.29, 1.82) is 0 Å². The average Bonchev–Trinajstić information content (AvgIpc) is 2.51. The van der Waals surface area contributed by atoms with Crippen molar-refractivity contribution in [2.45, 2.75) is 20.0 Å². The van der Waals surface area contributed by atoms with Gasteiger partial charge in [-0.2, -0.15) is 0 Å². The molecule has 1 aliphatic rings. The molecule has 8 nitrogen and oxygen atoms in total. The van der Waals surface area contributed by atoms with Gasteiger partial charge in [0.05, 0.1) is 6.10 Å². The number of β-amino-alcohol motifs (C(OH)–C–C–N with tert-alkyl or cyclic N) is 1. The number of piperazine rings is 1. The predicted molar refractivity (Wildman–Crippen MR) is 90.2 cm³/mol. The SMILES string of the molecule is C=C(C)C(=O)NCCN(C)CC(O)CN1CCN(CC)C(=O)C1=O. The highest BCUT2D eigenvalue weighted by atomic mass is 16.3. The summed E-state index contributed by atoms with van der Waals surface area (Å²) in [6.45, 7) is 9.96. The lowest BCUT2D eigenvalue weighted by Crippen LogP contribution is -2.56. The Labute approximate surface area is 143 Å². The van der Waals surface area contributed by atoms with Crippen molar-refractivity contribution in [3.8, 4) is 0 Å². The minimum atomic E-state index is -0.753. The molecule has 3 amide bonds. The van der Waals surface area contributed by atoms with Crippen molar-refractivity contribution in [1.82, 2.24) is 20.0 Å². The number of carbonyl (C=O) groups is 3. The number of nitrogens with zero attached hydrogens (tertiary/aromatic N) is 3. The largest absolute Gasteiger partial charge is 0.390 e. The van der Waals surface area contributed by atoms with Gasteiger partial charge in [-0.3, -0.25) is 14.4 Å². The number of nitrogens with one attached hydrogen (secondary N) is 1. The quantitative estimate of drug-likeness (QED) is 0.400. The maximum Gasteiger partial charge on any atom is 0.312 e. The average molecular weight is 340 g/mol. The highest BCUT2D eigenvalue weighted by Crippen LogP contribution is 2.06. The van der Waals surface area contributed by atoms with E-state index in [1.165, 1.54) is 9.80 Å². The maximum absolute atomic E-state index is 12.0. The minimum absolute atomic E-state index is 0.130. The second-order valence-corrected chi connectivity index (χ2v) is 6.09. The van der Waals surface area contributed by atoms with Gasteiger partial charge in [0, 0.05) is 51.4 Å². The number of amides is 3. The standard InChI is InChI=1S/C16H28N4O4/c1-5-19-8-9-20(16(24)15(19)23)11-13(21)10-18(4)7-6-17-14(22)12(2)3/h13,21H,2,5-11H2,1,3-4H3,(H,17,22). The number of likely N-dealkylation sites (N-methyl/N-ethyl adjacent to an activating group) is 2. The van der Waals surface area contributed by atoms with Gasteiger partial charge in [0.25, 0.3) is 0 Å². The van der Waals surface area contributed by atoms with E-state index in [9.17, 15) is 19.5 Å². The zero-order valence-electron chi connectivity index (χ0n) is 14.7. The summed E-state index contributed by atoms with van der Waals surface area (Å²) in [7, 11) is 1.82. The van der Waals surface area contributed by atoms with Gasteiger partial charge in [0.15, 0.2) is 0 Å². The van der Waals surface area contributed by atoms with Gasteiger partial charge in [-0.15, -0.1) is 0 Å². The van der Waals surface area contributed by atoms with Gasteiger partial charge >= 0.3 is 11.8 Å². The molecule has 1 saturated heterocycles. The normalized spacial score (nSPS) is 16.5. The summed E-state index contributed by atoms with van der Waals surface area (Å²) in [6.07, 6.45) is -0.753. The molecule has 0 aromatic heterocycles. The van der Waals surface area contributed by atoms with Crippen LogP contribution in [0.4, 0.5) is 0 Å². The number of rotatable bonds is 9. The highest BCUT2D eigenvalue weighted by Gasteiger charge is 2.32. The van der Waals surface area contributed by atoms with Crippen LogP contribution in [0, 0.1) is 0 Å². The first kappa shape index (κ1) is 20.1. The van der Waals surface area contributed by atoms with Gasteiger partial charge in [0.2, 0.25) is 5.91 Å². The van der Waals surface area contributed by atoms with Crippen molar-refractivity contribution in [3.63, 3.8) is 0 Å². The molecular weight excluding hydrogens is 312 g/mol. The zero-order chi connectivity index (χ0) is 18.3. The molecular formula is C16H28N4O4. The van der Waals surface area contributed by atoms with Crippen LogP contribution in [0.5, 0.6) is 0 Å². The number of hydrogen-bond acceptors (Lipinski definition) is 5. The Balaban J connectivity index is 2.34. The Morgan fingerprint density at radius 2 is 1.92 bits per heavy atom. The van der Waals surface area contributed by atoms with Crippen LogP contribution in [-0.2, 0) is 14.4 Å². The molecule has 0 spiro atoms. The lowest BCUT2D eigenvalue weighted by molar-refractivity contribution is -0.156. The number of aliphatic hydroxyl groups is 1. The lowest BCUT2D eigenvalue weighted by atomic mass is 10.2. The Morgan fingerprint density at radius 3 is 2.50 bits per heavy atom. The van der Waals surface area contributed by atoms with Crippen LogP contribution in [0.1, 0.15) is 13.8 Å². The van der Waals surface area contributed by atoms with Gasteiger partial charge < -0.3 is 25.1 Å². The topological polar surface area (TPSA) is 93.2 Å². The Morgan fingerprint density at radius 1 is 1.33 bits per heavy atom. The number of hydrogen-bond donors (Lipinski definition) is 2. The van der Waals surface area contributed by atoms with Gasteiger partial charge in [0.1, 0.15) is 0 Å². The third-order valence-electron chi connectivity index (χ3n) is 3.90. The maximum atomic E-state index is 12.0. The summed E-state index contributed by atoms with van der Waals surface area (Å²) in [5.74, 6) is -1.26. The van der Waals surface area contributed by atoms with Crippen molar-refractivity contribution < 1.29 is 19.5 Å². The number of carbonyl (C=O) groups excluding carboxylic acids is 3. The fraction of sp³-hybridized carbons (Fsp3) is 0.688. The lowest BCUT2D eigenvalue weighted by Gasteiger charge is -2.34. The molecule has 1 unspecified atom stereocenters. The van der Waals surface area contributed by atoms with Gasteiger partial charge in [-0.05, 0) is 20.9 Å². The molecule has 0 aliphatic carbocycles. The van der Waals surface area contributed by atoms with Crippen LogP contribution in [0.15, 0.2) is 12.2 Å². The van der Waals surface area contributed by atoms with Gasteiger partial charge in [-0.1, -0.05) is 6.58 Å². The molecule has 0 aromatic carbocycles. The van der Waals surface area contributed by atoms with E-state index in [1.807, 2.05) is 18.9 Å². The molecule has 0 radical (unpaired) electrons. The first-order chi connectivity index (χ1) is 11.3. The molecule has 136 valence electrons. The van der Waals surface area contributed by atoms with E-state index in [0.717, 1.165) is 0 Å². The van der Waals surface area contributed by atoms with E-state index in [2.05, 4.69) is 11.9 Å². The summed E-state index contributed by atoms with van der Waals surface area (Å²) in [5.41, 5.74) is 0.451. The Bertz CT molecular complexity index is 494. The first-order valence-electron chi connectivity index (χ1n) is 8.14. The summed E-state index contributed by atoms with van der Waals surface area (Å²) >= 11 is 0. The molecule has 0 aromatic rings. The smallest absolute Gasteiger partial charge is 0.312 e. The third kappa shape index (κ3) is 5.93. The number of aliphatic hydroxyl groups excluding tert-OH is 1. The predicted octanol–water partition coefficient (Wildman–Crippen LogP) is -1.34. The van der Waals surface area contributed by atoms with E-state index in [1.54, 1.807) is 6.92 Å². The molecule has 1 atom stereocenters. The van der Waals surface area contributed by atoms with E-state index in [-0.39, 0.29) is 12.5 Å². The molecule has 2 N–H and O–H groups in total. The third-order valence-corrected chi connectivity index (χ3v) is 3.90. The zero-order valence-corrected chi connectivity index (χ0v) is 14.7. The van der Waals surface area contributed by atoms with Crippen LogP contribution in [0.25, 0.3) is 0 Å². The molecule has 0 saturated carbocycles. The van der Waals surface area contributed by atoms with E-state index >= 15 is 0 Å². The second kappa shape index (κ2) is 9.39. The van der Waals surface area contributed by atoms with E-state index < -0.39 is 17.9 Å². The summed E-state index contributed by atoms with van der Waals surface area (Å²) in [5, 5.41) is 12.8. The molecule has 1 heterocycles. The first-order valence-corrected chi connectivity index (χ1v) is 8.14. The molecule has 0 bridgehead atoms. The second-order valence-electron chi connectivity index (χ2n) is 6.09. The van der Waals surface area contributed by atoms with Crippen LogP contribution < -0.4 is 5.32 Å². The molecule has 1 aliphatic heterocycles. The van der Waals surface area contributed by atoms with Crippen molar-refractivity contribution in [2.24, 2.45) is 0 Å². The summed E-state index contributed by atoms with van der Waals surface area (Å²) in [6, 6.07) is 0. The fourth-order valence-electron chi connectivity index (χ4n) is 2.47. The van der Waals surface area contributed by atoms with E-state index in [0.29, 0.717) is 44.8 Å². The molecule has 1 fully saturated rings. The van der Waals surface area contributed by atoms with Crippen molar-refractivity contribution in [2.75, 3.05) is 52.9 Å². The van der Waals surface area contributed by atoms with E-state index in [4.69, 9.17) is 0 Å². The fourth-order valence-corrected chi connectivity index (χ4v) is 2.47. The van der Waals surface area contributed by atoms with Crippen LogP contribution in [-0.4, -0.2) is 96.5 Å². The monoisotopic (exact) mass is 340 g/mol. The van der Waals surface area contributed by atoms with Gasteiger partial charge in [-0.25, -0.2) is 0 Å².